The van der Waals surface area contributed by atoms with Crippen LogP contribution in [0.2, 0.25) is 0 Å². The molecule has 0 fully saturated rings. The summed E-state index contributed by atoms with van der Waals surface area (Å²) in [6, 6.07) is -0.634. The van der Waals surface area contributed by atoms with Gasteiger partial charge in [0.2, 0.25) is 5.91 Å². The number of amides is 1. The van der Waals surface area contributed by atoms with E-state index in [0.717, 1.165) is 19.3 Å². The molecule has 0 aliphatic rings. The number of carbonyl (C=O) groups is 1. The Morgan fingerprint density at radius 1 is 0.793 bits per heavy atom. The van der Waals surface area contributed by atoms with E-state index in [4.69, 9.17) is 0 Å². The van der Waals surface area contributed by atoms with Gasteiger partial charge in [0, 0.05) is 6.92 Å². The lowest BCUT2D eigenvalue weighted by Gasteiger charge is -2.18. The van der Waals surface area contributed by atoms with Crippen molar-refractivity contribution in [2.75, 3.05) is 6.61 Å². The van der Waals surface area contributed by atoms with E-state index in [2.05, 4.69) is 24.4 Å². The first-order valence-corrected chi connectivity index (χ1v) is 12.0. The number of allylic oxidation sites excluding steroid dienone is 3. The van der Waals surface area contributed by atoms with Crippen molar-refractivity contribution in [1.29, 1.82) is 0 Å². The molecule has 0 aromatic rings. The van der Waals surface area contributed by atoms with Gasteiger partial charge < -0.3 is 15.5 Å². The van der Waals surface area contributed by atoms with Crippen LogP contribution in [0.1, 0.15) is 110 Å². The molecule has 0 aliphatic carbocycles. The second kappa shape index (κ2) is 21.6. The number of carbonyl (C=O) groups excluding carboxylic acids is 1. The van der Waals surface area contributed by atoms with Gasteiger partial charge in [-0.1, -0.05) is 102 Å². The summed E-state index contributed by atoms with van der Waals surface area (Å²) in [5, 5.41) is 21.6. The molecule has 4 nitrogen and oxygen atoms in total. The van der Waals surface area contributed by atoms with E-state index < -0.39 is 12.1 Å². The summed E-state index contributed by atoms with van der Waals surface area (Å²) in [4.78, 5) is 11.0. The van der Waals surface area contributed by atoms with Gasteiger partial charge in [-0.05, 0) is 25.7 Å². The third-order valence-corrected chi connectivity index (χ3v) is 5.22. The molecule has 0 aromatic carbocycles. The number of nitrogens with one attached hydrogen (secondary N) is 1. The zero-order valence-corrected chi connectivity index (χ0v) is 19.1. The third-order valence-electron chi connectivity index (χ3n) is 5.22. The Morgan fingerprint density at radius 2 is 1.28 bits per heavy atom. The number of rotatable bonds is 20. The minimum Gasteiger partial charge on any atom is -0.394 e. The van der Waals surface area contributed by atoms with Crippen molar-refractivity contribution < 1.29 is 15.0 Å². The molecule has 0 spiro atoms. The highest BCUT2D eigenvalue weighted by Crippen LogP contribution is 2.12. The van der Waals surface area contributed by atoms with Crippen LogP contribution in [0.15, 0.2) is 24.3 Å². The van der Waals surface area contributed by atoms with Gasteiger partial charge in [0.25, 0.3) is 0 Å². The van der Waals surface area contributed by atoms with Crippen LogP contribution < -0.4 is 5.32 Å². The topological polar surface area (TPSA) is 69.6 Å². The largest absolute Gasteiger partial charge is 0.394 e. The molecule has 0 aromatic heterocycles. The predicted molar refractivity (Wildman–Crippen MR) is 124 cm³/mol. The quantitative estimate of drug-likeness (QED) is 0.175. The van der Waals surface area contributed by atoms with Crippen LogP contribution in [0.5, 0.6) is 0 Å². The van der Waals surface area contributed by atoms with Gasteiger partial charge in [0.15, 0.2) is 0 Å². The van der Waals surface area contributed by atoms with Gasteiger partial charge >= 0.3 is 0 Å². The Labute approximate surface area is 179 Å². The van der Waals surface area contributed by atoms with Gasteiger partial charge in [0.05, 0.1) is 18.8 Å². The fourth-order valence-corrected chi connectivity index (χ4v) is 3.40. The molecule has 0 rings (SSSR count). The second-order valence-corrected chi connectivity index (χ2v) is 8.13. The molecule has 2 atom stereocenters. The van der Waals surface area contributed by atoms with Crippen LogP contribution in [-0.4, -0.2) is 34.9 Å². The molecule has 0 saturated carbocycles. The van der Waals surface area contributed by atoms with Gasteiger partial charge in [-0.3, -0.25) is 4.79 Å². The fraction of sp³-hybridized carbons (Fsp3) is 0.800. The highest BCUT2D eigenvalue weighted by atomic mass is 16.3. The Balaban J connectivity index is 3.45. The summed E-state index contributed by atoms with van der Waals surface area (Å²) in [6.45, 7) is 3.37. The van der Waals surface area contributed by atoms with Crippen molar-refractivity contribution in [2.45, 2.75) is 122 Å². The van der Waals surface area contributed by atoms with Crippen molar-refractivity contribution in [2.24, 2.45) is 0 Å². The lowest BCUT2D eigenvalue weighted by atomic mass is 10.0. The van der Waals surface area contributed by atoms with Crippen LogP contribution in [0.25, 0.3) is 0 Å². The van der Waals surface area contributed by atoms with Gasteiger partial charge in [0.1, 0.15) is 0 Å². The van der Waals surface area contributed by atoms with Crippen molar-refractivity contribution in [3.05, 3.63) is 24.3 Å². The zero-order valence-electron chi connectivity index (χ0n) is 19.1. The second-order valence-electron chi connectivity index (χ2n) is 8.13. The third kappa shape index (κ3) is 19.9. The molecule has 1 amide bonds. The summed E-state index contributed by atoms with van der Waals surface area (Å²) < 4.78 is 0. The minimum atomic E-state index is -0.853. The molecule has 0 saturated heterocycles. The average molecular weight is 410 g/mol. The van der Waals surface area contributed by atoms with E-state index >= 15 is 0 Å². The number of aliphatic hydroxyl groups excluding tert-OH is 2. The molecule has 2 unspecified atom stereocenters. The van der Waals surface area contributed by atoms with E-state index in [9.17, 15) is 15.0 Å². The lowest BCUT2D eigenvalue weighted by molar-refractivity contribution is -0.120. The number of aliphatic hydroxyl groups is 2. The summed E-state index contributed by atoms with van der Waals surface area (Å²) >= 11 is 0. The summed E-state index contributed by atoms with van der Waals surface area (Å²) in [7, 11) is 0. The highest BCUT2D eigenvalue weighted by Gasteiger charge is 2.15. The lowest BCUT2D eigenvalue weighted by Crippen LogP contribution is -2.44. The molecule has 0 aliphatic heterocycles. The molecule has 3 N–H and O–H groups in total. The monoisotopic (exact) mass is 409 g/mol. The summed E-state index contributed by atoms with van der Waals surface area (Å²) in [5.41, 5.74) is 0. The average Bonchev–Trinajstić information content (AvgIpc) is 2.70. The molecule has 4 heteroatoms. The van der Waals surface area contributed by atoms with Gasteiger partial charge in [-0.2, -0.15) is 0 Å². The molecular weight excluding hydrogens is 362 g/mol. The molecule has 29 heavy (non-hydrogen) atoms. The van der Waals surface area contributed by atoms with Gasteiger partial charge in [-0.15, -0.1) is 0 Å². The maximum Gasteiger partial charge on any atom is 0.217 e. The number of unbranched alkanes of at least 4 members (excludes halogenated alkanes) is 13. The van der Waals surface area contributed by atoms with E-state index in [1.807, 2.05) is 6.08 Å². The summed E-state index contributed by atoms with van der Waals surface area (Å²) in [5.74, 6) is -0.253. The highest BCUT2D eigenvalue weighted by molar-refractivity contribution is 5.73. The SMILES string of the molecule is CCCCCCCCCCCCCC/C=C/CC/C=C/C(O)C(CO)NC(C)=O. The molecule has 0 radical (unpaired) electrons. The Hall–Kier alpha value is -1.13. The number of hydrogen-bond donors (Lipinski definition) is 3. The van der Waals surface area contributed by atoms with Crippen LogP contribution in [0, 0.1) is 0 Å². The first-order valence-electron chi connectivity index (χ1n) is 12.0. The fourth-order valence-electron chi connectivity index (χ4n) is 3.40. The minimum absolute atomic E-state index is 0.253. The van der Waals surface area contributed by atoms with Gasteiger partial charge in [-0.25, -0.2) is 0 Å². The maximum atomic E-state index is 11.0. The van der Waals surface area contributed by atoms with E-state index in [1.54, 1.807) is 6.08 Å². The van der Waals surface area contributed by atoms with Crippen LogP contribution in [-0.2, 0) is 4.79 Å². The van der Waals surface area contributed by atoms with E-state index in [0.29, 0.717) is 0 Å². The molecule has 0 bridgehead atoms. The van der Waals surface area contributed by atoms with E-state index in [-0.39, 0.29) is 12.5 Å². The predicted octanol–water partition coefficient (Wildman–Crippen LogP) is 5.83. The Bertz CT molecular complexity index is 420. The van der Waals surface area contributed by atoms with E-state index in [1.165, 1.54) is 84.0 Å². The molecule has 170 valence electrons. The summed E-state index contributed by atoms with van der Waals surface area (Å²) in [6.07, 6.45) is 26.7. The Kier molecular flexibility index (Phi) is 20.7. The normalized spacial score (nSPS) is 13.9. The van der Waals surface area contributed by atoms with Crippen molar-refractivity contribution in [3.63, 3.8) is 0 Å². The molecule has 0 heterocycles. The smallest absolute Gasteiger partial charge is 0.217 e. The first kappa shape index (κ1) is 27.9. The van der Waals surface area contributed by atoms with Crippen molar-refractivity contribution in [1.82, 2.24) is 5.32 Å². The van der Waals surface area contributed by atoms with Crippen LogP contribution >= 0.6 is 0 Å². The van der Waals surface area contributed by atoms with Crippen molar-refractivity contribution in [3.8, 4) is 0 Å². The zero-order chi connectivity index (χ0) is 21.6. The number of hydrogen-bond acceptors (Lipinski definition) is 3. The van der Waals surface area contributed by atoms with Crippen LogP contribution in [0.3, 0.4) is 0 Å². The molecular formula is C25H47NO3. The van der Waals surface area contributed by atoms with Crippen LogP contribution in [0.4, 0.5) is 0 Å². The Morgan fingerprint density at radius 3 is 1.79 bits per heavy atom. The maximum absolute atomic E-state index is 11.0. The van der Waals surface area contributed by atoms with Crippen molar-refractivity contribution >= 4 is 5.91 Å². The first-order chi connectivity index (χ1) is 14.1. The standard InChI is InChI=1S/C25H47NO3/c1-3-4-5-6-7-8-9-10-11-12-13-14-15-16-17-18-19-20-21-25(29)24(22-27)26-23(2)28/h16-17,20-21,24-25,27,29H,3-15,18-19,22H2,1-2H3,(H,26,28)/b17-16+,21-20+.